The molecule has 3 aromatic rings. The van der Waals surface area contributed by atoms with Gasteiger partial charge in [-0.1, -0.05) is 18.2 Å². The average molecular weight is 395 g/mol. The molecule has 156 valence electrons. The van der Waals surface area contributed by atoms with Crippen LogP contribution >= 0.6 is 0 Å². The van der Waals surface area contributed by atoms with Gasteiger partial charge in [-0.05, 0) is 76.9 Å². The van der Waals surface area contributed by atoms with E-state index in [1.54, 1.807) is 0 Å². The van der Waals surface area contributed by atoms with Gasteiger partial charge in [0.25, 0.3) is 0 Å². The molecule has 1 saturated carbocycles. The van der Waals surface area contributed by atoms with Crippen molar-refractivity contribution >= 4 is 11.0 Å². The van der Waals surface area contributed by atoms with Crippen molar-refractivity contribution < 1.29 is 4.42 Å². The molecule has 5 heteroatoms. The van der Waals surface area contributed by atoms with Crippen molar-refractivity contribution in [2.45, 2.75) is 51.6 Å². The number of benzene rings is 1. The highest BCUT2D eigenvalue weighted by Crippen LogP contribution is 2.35. The molecular formula is C24H34N4O. The Hall–Kier alpha value is -2.11. The van der Waals surface area contributed by atoms with Gasteiger partial charge in [0.15, 0.2) is 0 Å². The molecule has 29 heavy (non-hydrogen) atoms. The number of aromatic nitrogens is 2. The van der Waals surface area contributed by atoms with Gasteiger partial charge in [-0.3, -0.25) is 9.58 Å². The fourth-order valence-electron chi connectivity index (χ4n) is 4.78. The Morgan fingerprint density at radius 3 is 2.66 bits per heavy atom. The maximum atomic E-state index is 6.10. The number of hydrogen-bond donors (Lipinski definition) is 1. The third kappa shape index (κ3) is 4.41. The molecule has 0 amide bonds. The Labute approximate surface area is 174 Å². The number of aryl methyl sites for hydroxylation is 2. The summed E-state index contributed by atoms with van der Waals surface area (Å²) in [5, 5.41) is 9.41. The molecule has 0 atom stereocenters. The summed E-state index contributed by atoms with van der Waals surface area (Å²) in [5.74, 6) is 2.50. The van der Waals surface area contributed by atoms with Crippen LogP contribution in [-0.4, -0.2) is 35.3 Å². The summed E-state index contributed by atoms with van der Waals surface area (Å²) in [7, 11) is 6.29. The molecule has 4 rings (SSSR count). The molecule has 0 bridgehead atoms. The van der Waals surface area contributed by atoms with Gasteiger partial charge < -0.3 is 9.73 Å². The molecule has 0 unspecified atom stereocenters. The summed E-state index contributed by atoms with van der Waals surface area (Å²) in [4.78, 5) is 2.31. The van der Waals surface area contributed by atoms with E-state index >= 15 is 0 Å². The van der Waals surface area contributed by atoms with E-state index in [1.165, 1.54) is 48.0 Å². The number of hydrogen-bond acceptors (Lipinski definition) is 4. The average Bonchev–Trinajstić information content (AvgIpc) is 3.23. The summed E-state index contributed by atoms with van der Waals surface area (Å²) < 4.78 is 8.16. The first-order valence-electron chi connectivity index (χ1n) is 10.9. The van der Waals surface area contributed by atoms with Gasteiger partial charge in [0, 0.05) is 24.9 Å². The van der Waals surface area contributed by atoms with Gasteiger partial charge in [-0.2, -0.15) is 5.10 Å². The van der Waals surface area contributed by atoms with E-state index in [1.807, 2.05) is 12.1 Å². The van der Waals surface area contributed by atoms with Crippen LogP contribution in [0.25, 0.3) is 11.0 Å². The maximum absolute atomic E-state index is 6.10. The molecule has 0 radical (unpaired) electrons. The third-order valence-corrected chi connectivity index (χ3v) is 6.54. The largest absolute Gasteiger partial charge is 0.459 e. The quantitative estimate of drug-likeness (QED) is 0.636. The van der Waals surface area contributed by atoms with Gasteiger partial charge >= 0.3 is 0 Å². The molecule has 0 saturated heterocycles. The lowest BCUT2D eigenvalue weighted by Gasteiger charge is -2.27. The predicted octanol–water partition coefficient (Wildman–Crippen LogP) is 4.60. The second kappa shape index (κ2) is 8.72. The first kappa shape index (κ1) is 20.2. The first-order chi connectivity index (χ1) is 14.0. The van der Waals surface area contributed by atoms with E-state index in [0.717, 1.165) is 36.9 Å². The fraction of sp³-hybridized carbons (Fsp3) is 0.542. The highest BCUT2D eigenvalue weighted by Gasteiger charge is 2.24. The molecular weight excluding hydrogens is 360 g/mol. The van der Waals surface area contributed by atoms with Crippen LogP contribution in [0.4, 0.5) is 0 Å². The minimum Gasteiger partial charge on any atom is -0.459 e. The standard InChI is InChI=1S/C24H34N4O/c1-17-21-7-5-6-8-23(21)29-24(17)16-27(3)15-20-13-22(26-28(20)4)19-11-9-18(10-12-19)14-25-2/h5-8,13,18-19,25H,9-12,14-16H2,1-4H3. The first-order valence-corrected chi connectivity index (χ1v) is 10.9. The van der Waals surface area contributed by atoms with Crippen LogP contribution in [0.2, 0.25) is 0 Å². The Bertz CT molecular complexity index is 949. The summed E-state index contributed by atoms with van der Waals surface area (Å²) in [6, 6.07) is 10.6. The molecule has 2 aromatic heterocycles. The number of furan rings is 1. The lowest BCUT2D eigenvalue weighted by Crippen LogP contribution is -2.23. The molecule has 1 aliphatic rings. The number of nitrogens with one attached hydrogen (secondary N) is 1. The monoisotopic (exact) mass is 394 g/mol. The zero-order valence-corrected chi connectivity index (χ0v) is 18.2. The van der Waals surface area contributed by atoms with Crippen LogP contribution in [0.3, 0.4) is 0 Å². The normalized spacial score (nSPS) is 20.0. The van der Waals surface area contributed by atoms with Gasteiger partial charge in [0.2, 0.25) is 0 Å². The second-order valence-corrected chi connectivity index (χ2v) is 8.78. The van der Waals surface area contributed by atoms with Crippen molar-refractivity contribution in [1.29, 1.82) is 0 Å². The molecule has 1 fully saturated rings. The lowest BCUT2D eigenvalue weighted by atomic mass is 9.80. The highest BCUT2D eigenvalue weighted by molar-refractivity contribution is 5.81. The van der Waals surface area contributed by atoms with E-state index < -0.39 is 0 Å². The molecule has 1 N–H and O–H groups in total. The summed E-state index contributed by atoms with van der Waals surface area (Å²) in [6.07, 6.45) is 5.14. The zero-order valence-electron chi connectivity index (χ0n) is 18.2. The predicted molar refractivity (Wildman–Crippen MR) is 118 cm³/mol. The van der Waals surface area contributed by atoms with Crippen LogP contribution < -0.4 is 5.32 Å². The summed E-state index contributed by atoms with van der Waals surface area (Å²) in [5.41, 5.74) is 4.77. The SMILES string of the molecule is CNCC1CCC(c2cc(CN(C)Cc3oc4ccccc4c3C)n(C)n2)CC1. The topological polar surface area (TPSA) is 46.2 Å². The Morgan fingerprint density at radius 1 is 1.17 bits per heavy atom. The fourth-order valence-corrected chi connectivity index (χ4v) is 4.78. The van der Waals surface area contributed by atoms with Gasteiger partial charge in [0.05, 0.1) is 17.9 Å². The minimum atomic E-state index is 0.617. The van der Waals surface area contributed by atoms with Crippen molar-refractivity contribution in [1.82, 2.24) is 20.0 Å². The van der Waals surface area contributed by atoms with Crippen LogP contribution in [0.1, 0.15) is 54.3 Å². The molecule has 1 aliphatic carbocycles. The van der Waals surface area contributed by atoms with Crippen LogP contribution in [0.15, 0.2) is 34.7 Å². The lowest BCUT2D eigenvalue weighted by molar-refractivity contribution is 0.283. The molecule has 1 aromatic carbocycles. The van der Waals surface area contributed by atoms with Crippen LogP contribution in [0.5, 0.6) is 0 Å². The minimum absolute atomic E-state index is 0.617. The summed E-state index contributed by atoms with van der Waals surface area (Å²) >= 11 is 0. The maximum Gasteiger partial charge on any atom is 0.134 e. The van der Waals surface area contributed by atoms with E-state index in [4.69, 9.17) is 9.52 Å². The van der Waals surface area contributed by atoms with Crippen molar-refractivity contribution in [3.05, 3.63) is 53.0 Å². The summed E-state index contributed by atoms with van der Waals surface area (Å²) in [6.45, 7) is 4.97. The van der Waals surface area contributed by atoms with Gasteiger partial charge in [-0.25, -0.2) is 0 Å². The smallest absolute Gasteiger partial charge is 0.134 e. The number of nitrogens with zero attached hydrogens (tertiary/aromatic N) is 3. The number of fused-ring (bicyclic) bond motifs is 1. The second-order valence-electron chi connectivity index (χ2n) is 8.78. The van der Waals surface area contributed by atoms with Gasteiger partial charge in [-0.15, -0.1) is 0 Å². The van der Waals surface area contributed by atoms with E-state index in [0.29, 0.717) is 5.92 Å². The van der Waals surface area contributed by atoms with Crippen molar-refractivity contribution in [2.24, 2.45) is 13.0 Å². The van der Waals surface area contributed by atoms with Crippen molar-refractivity contribution in [2.75, 3.05) is 20.6 Å². The van der Waals surface area contributed by atoms with Crippen molar-refractivity contribution in [3.63, 3.8) is 0 Å². The molecule has 2 heterocycles. The zero-order chi connectivity index (χ0) is 20.4. The van der Waals surface area contributed by atoms with Crippen LogP contribution in [0, 0.1) is 12.8 Å². The Morgan fingerprint density at radius 2 is 1.93 bits per heavy atom. The van der Waals surface area contributed by atoms with E-state index in [2.05, 4.69) is 61.2 Å². The molecule has 0 aliphatic heterocycles. The number of para-hydroxylation sites is 1. The molecule has 5 nitrogen and oxygen atoms in total. The van der Waals surface area contributed by atoms with E-state index in [9.17, 15) is 0 Å². The third-order valence-electron chi connectivity index (χ3n) is 6.54. The van der Waals surface area contributed by atoms with Crippen LogP contribution in [-0.2, 0) is 20.1 Å². The molecule has 0 spiro atoms. The van der Waals surface area contributed by atoms with Crippen molar-refractivity contribution in [3.8, 4) is 0 Å². The van der Waals surface area contributed by atoms with E-state index in [-0.39, 0.29) is 0 Å². The van der Waals surface area contributed by atoms with Gasteiger partial charge in [0.1, 0.15) is 11.3 Å². The highest BCUT2D eigenvalue weighted by atomic mass is 16.3. The number of rotatable bonds is 7. The Kier molecular flexibility index (Phi) is 6.07. The Balaban J connectivity index is 1.40.